The van der Waals surface area contributed by atoms with Crippen molar-refractivity contribution < 1.29 is 14.0 Å². The van der Waals surface area contributed by atoms with Gasteiger partial charge in [0.15, 0.2) is 0 Å². The number of amides is 2. The molecular formula is C31H33ClFN3O2S. The first-order chi connectivity index (χ1) is 18.9. The number of benzene rings is 3. The Morgan fingerprint density at radius 3 is 2.33 bits per heavy atom. The molecule has 204 valence electrons. The van der Waals surface area contributed by atoms with Gasteiger partial charge in [0.1, 0.15) is 10.7 Å². The van der Waals surface area contributed by atoms with Gasteiger partial charge in [-0.05, 0) is 61.3 Å². The fourth-order valence-electron chi connectivity index (χ4n) is 5.05. The van der Waals surface area contributed by atoms with Crippen LogP contribution in [0.15, 0.2) is 66.7 Å². The molecule has 1 saturated carbocycles. The van der Waals surface area contributed by atoms with Crippen LogP contribution in [0.2, 0.25) is 5.02 Å². The van der Waals surface area contributed by atoms with E-state index >= 15 is 4.39 Å². The summed E-state index contributed by atoms with van der Waals surface area (Å²) in [6.45, 7) is 1.64. The average Bonchev–Trinajstić information content (AvgIpc) is 3.30. The van der Waals surface area contributed by atoms with Gasteiger partial charge in [0.2, 0.25) is 5.91 Å². The maximum atomic E-state index is 15.1. The molecule has 1 aromatic heterocycles. The lowest BCUT2D eigenvalue weighted by atomic mass is 9.93. The van der Waals surface area contributed by atoms with Crippen LogP contribution in [0.25, 0.3) is 21.2 Å². The molecule has 1 aliphatic carbocycles. The number of anilines is 1. The van der Waals surface area contributed by atoms with Crippen molar-refractivity contribution in [2.45, 2.75) is 51.6 Å². The second-order valence-electron chi connectivity index (χ2n) is 9.53. The first kappa shape index (κ1) is 28.7. The van der Waals surface area contributed by atoms with Crippen LogP contribution in [0.3, 0.4) is 0 Å². The summed E-state index contributed by atoms with van der Waals surface area (Å²) in [6, 6.07) is 20.2. The number of nitrogens with two attached hydrogens (primary N) is 1. The van der Waals surface area contributed by atoms with Gasteiger partial charge in [-0.15, -0.1) is 11.3 Å². The quantitative estimate of drug-likeness (QED) is 0.250. The van der Waals surface area contributed by atoms with Gasteiger partial charge < -0.3 is 16.0 Å². The number of thiophene rings is 1. The van der Waals surface area contributed by atoms with Crippen LogP contribution < -0.4 is 11.1 Å². The predicted octanol–water partition coefficient (Wildman–Crippen LogP) is 7.87. The van der Waals surface area contributed by atoms with E-state index in [-0.39, 0.29) is 30.2 Å². The SMILES string of the molecule is CC(=O)Nc1ccc(-c2ccc(F)c(CN(C(=O)c3sc4ccccc4c3Cl)C3CCCCC3)c2)cc1.CN. The second-order valence-corrected chi connectivity index (χ2v) is 11.0. The molecule has 0 spiro atoms. The maximum absolute atomic E-state index is 15.1. The zero-order chi connectivity index (χ0) is 27.9. The molecule has 0 atom stereocenters. The molecule has 1 fully saturated rings. The monoisotopic (exact) mass is 565 g/mol. The lowest BCUT2D eigenvalue weighted by Gasteiger charge is -2.34. The Kier molecular flexibility index (Phi) is 9.73. The van der Waals surface area contributed by atoms with Gasteiger partial charge >= 0.3 is 0 Å². The molecule has 0 radical (unpaired) electrons. The number of nitrogens with zero attached hydrogens (tertiary/aromatic N) is 1. The summed E-state index contributed by atoms with van der Waals surface area (Å²) in [5, 5.41) is 4.10. The van der Waals surface area contributed by atoms with Crippen LogP contribution in [0, 0.1) is 5.82 Å². The van der Waals surface area contributed by atoms with E-state index in [4.69, 9.17) is 11.6 Å². The van der Waals surface area contributed by atoms with Crippen molar-refractivity contribution in [3.8, 4) is 11.1 Å². The van der Waals surface area contributed by atoms with E-state index in [2.05, 4.69) is 11.1 Å². The topological polar surface area (TPSA) is 75.4 Å². The van der Waals surface area contributed by atoms with Crippen LogP contribution in [0.4, 0.5) is 10.1 Å². The van der Waals surface area contributed by atoms with Crippen LogP contribution in [-0.4, -0.2) is 29.8 Å². The highest BCUT2D eigenvalue weighted by Gasteiger charge is 2.30. The van der Waals surface area contributed by atoms with Gasteiger partial charge in [0.05, 0.1) is 5.02 Å². The number of hydrogen-bond acceptors (Lipinski definition) is 4. The van der Waals surface area contributed by atoms with Crippen molar-refractivity contribution in [3.63, 3.8) is 0 Å². The Morgan fingerprint density at radius 2 is 1.67 bits per heavy atom. The van der Waals surface area contributed by atoms with Gasteiger partial charge in [-0.2, -0.15) is 0 Å². The summed E-state index contributed by atoms with van der Waals surface area (Å²) in [4.78, 5) is 27.6. The first-order valence-electron chi connectivity index (χ1n) is 13.1. The van der Waals surface area contributed by atoms with Crippen molar-refractivity contribution in [2.75, 3.05) is 12.4 Å². The van der Waals surface area contributed by atoms with E-state index in [1.807, 2.05) is 59.5 Å². The fraction of sp³-hybridized carbons (Fsp3) is 0.290. The van der Waals surface area contributed by atoms with Crippen molar-refractivity contribution in [1.29, 1.82) is 0 Å². The van der Waals surface area contributed by atoms with Gasteiger partial charge in [0.25, 0.3) is 5.91 Å². The van der Waals surface area contributed by atoms with E-state index in [0.717, 1.165) is 53.3 Å². The molecule has 3 aromatic carbocycles. The third-order valence-electron chi connectivity index (χ3n) is 6.93. The Balaban J connectivity index is 0.00000172. The molecule has 0 saturated heterocycles. The van der Waals surface area contributed by atoms with Crippen LogP contribution in [0.5, 0.6) is 0 Å². The zero-order valence-corrected chi connectivity index (χ0v) is 23.7. The van der Waals surface area contributed by atoms with E-state index in [1.165, 1.54) is 31.4 Å². The lowest BCUT2D eigenvalue weighted by molar-refractivity contribution is -0.114. The van der Waals surface area contributed by atoms with Gasteiger partial charge in [-0.3, -0.25) is 9.59 Å². The largest absolute Gasteiger partial charge is 0.333 e. The highest BCUT2D eigenvalue weighted by atomic mass is 35.5. The van der Waals surface area contributed by atoms with Crippen molar-refractivity contribution in [2.24, 2.45) is 5.73 Å². The predicted molar refractivity (Wildman–Crippen MR) is 160 cm³/mol. The third-order valence-corrected chi connectivity index (χ3v) is 8.59. The van der Waals surface area contributed by atoms with Crippen LogP contribution in [0.1, 0.15) is 54.3 Å². The molecule has 5 rings (SSSR count). The minimum atomic E-state index is -0.338. The number of nitrogens with one attached hydrogen (secondary N) is 1. The van der Waals surface area contributed by atoms with E-state index in [0.29, 0.717) is 21.2 Å². The van der Waals surface area contributed by atoms with E-state index in [9.17, 15) is 9.59 Å². The number of rotatable bonds is 6. The van der Waals surface area contributed by atoms with E-state index in [1.54, 1.807) is 6.07 Å². The van der Waals surface area contributed by atoms with Crippen LogP contribution >= 0.6 is 22.9 Å². The van der Waals surface area contributed by atoms with Gasteiger partial charge in [-0.1, -0.05) is 67.3 Å². The summed E-state index contributed by atoms with van der Waals surface area (Å²) < 4.78 is 16.1. The standard InChI is InChI=1S/C30H28ClFN2O2S.CH5N/c1-19(35)33-23-14-11-20(12-15-23)21-13-16-26(32)22(17-21)18-34(24-7-3-2-4-8-24)30(36)29-28(31)25-9-5-6-10-27(25)37-29;1-2/h5-6,9-17,24H,2-4,7-8,18H2,1H3,(H,33,35);2H2,1H3. The molecule has 1 heterocycles. The summed E-state index contributed by atoms with van der Waals surface area (Å²) in [7, 11) is 1.50. The lowest BCUT2D eigenvalue weighted by Crippen LogP contribution is -2.41. The molecular weight excluding hydrogens is 533 g/mol. The number of hydrogen-bond donors (Lipinski definition) is 2. The smallest absolute Gasteiger partial charge is 0.266 e. The van der Waals surface area contributed by atoms with Crippen molar-refractivity contribution in [3.05, 3.63) is 88.0 Å². The fourth-order valence-corrected chi connectivity index (χ4v) is 6.52. The average molecular weight is 566 g/mol. The molecule has 8 heteroatoms. The third kappa shape index (κ3) is 6.67. The maximum Gasteiger partial charge on any atom is 0.266 e. The van der Waals surface area contributed by atoms with Gasteiger partial charge in [0, 0.05) is 40.8 Å². The molecule has 0 unspecified atom stereocenters. The summed E-state index contributed by atoms with van der Waals surface area (Å²) >= 11 is 8.08. The minimum absolute atomic E-state index is 0.0440. The van der Waals surface area contributed by atoms with Crippen molar-refractivity contribution in [1.82, 2.24) is 4.90 Å². The van der Waals surface area contributed by atoms with E-state index < -0.39 is 0 Å². The summed E-state index contributed by atoms with van der Waals surface area (Å²) in [5.74, 6) is -0.611. The Bertz CT molecular complexity index is 1450. The minimum Gasteiger partial charge on any atom is -0.333 e. The van der Waals surface area contributed by atoms with Crippen LogP contribution in [-0.2, 0) is 11.3 Å². The highest BCUT2D eigenvalue weighted by molar-refractivity contribution is 7.21. The molecule has 1 aliphatic rings. The molecule has 0 aliphatic heterocycles. The Labute approximate surface area is 237 Å². The number of fused-ring (bicyclic) bond motifs is 1. The number of carbonyl (C=O) groups excluding carboxylic acids is 2. The molecule has 3 N–H and O–H groups in total. The zero-order valence-electron chi connectivity index (χ0n) is 22.2. The molecule has 5 nitrogen and oxygen atoms in total. The van der Waals surface area contributed by atoms with Gasteiger partial charge in [-0.25, -0.2) is 4.39 Å². The molecule has 0 bridgehead atoms. The first-order valence-corrected chi connectivity index (χ1v) is 14.3. The molecule has 4 aromatic rings. The number of carbonyl (C=O) groups is 2. The normalized spacial score (nSPS) is 13.5. The Hall–Kier alpha value is -3.26. The summed E-state index contributed by atoms with van der Waals surface area (Å²) in [5.41, 5.74) is 7.42. The Morgan fingerprint density at radius 1 is 1.00 bits per heavy atom. The second kappa shape index (κ2) is 13.2. The summed E-state index contributed by atoms with van der Waals surface area (Å²) in [6.07, 6.45) is 5.07. The molecule has 39 heavy (non-hydrogen) atoms. The molecule has 2 amide bonds. The highest BCUT2D eigenvalue weighted by Crippen LogP contribution is 2.38. The van der Waals surface area contributed by atoms with Crippen molar-refractivity contribution >= 4 is 50.5 Å². The number of halogens is 2.